The van der Waals surface area contributed by atoms with Gasteiger partial charge in [0.15, 0.2) is 16.8 Å². The van der Waals surface area contributed by atoms with E-state index in [1.165, 1.54) is 6.92 Å². The number of ketones is 3. The number of carbonyl (C=O) groups excluding carboxylic acids is 5. The number of aliphatic imine (C=N–C) groups is 1. The fraction of sp³-hybridized carbons (Fsp3) is 0.606. The van der Waals surface area contributed by atoms with Gasteiger partial charge in [-0.25, -0.2) is 4.98 Å². The van der Waals surface area contributed by atoms with Crippen molar-refractivity contribution in [3.05, 3.63) is 28.8 Å². The van der Waals surface area contributed by atoms with E-state index in [0.717, 1.165) is 11.3 Å². The van der Waals surface area contributed by atoms with Gasteiger partial charge < -0.3 is 27.8 Å². The smallest absolute Gasteiger partial charge is 0.251 e. The molecule has 0 fully saturated rings. The van der Waals surface area contributed by atoms with E-state index in [0.29, 0.717) is 35.0 Å². The number of hydrogen-bond donors (Lipinski definition) is 5. The zero-order valence-electron chi connectivity index (χ0n) is 28.1. The van der Waals surface area contributed by atoms with Gasteiger partial charge in [0.1, 0.15) is 5.78 Å². The molecule has 8 N–H and O–H groups in total. The number of nitrogens with zero attached hydrogens (tertiary/aromatic N) is 2. The van der Waals surface area contributed by atoms with Gasteiger partial charge in [-0.3, -0.25) is 29.0 Å². The lowest BCUT2D eigenvalue weighted by atomic mass is 9.88. The van der Waals surface area contributed by atoms with Gasteiger partial charge in [-0.1, -0.05) is 41.5 Å². The number of thiazole rings is 1. The first-order valence-corrected chi connectivity index (χ1v) is 16.7. The number of fused-ring (bicyclic) bond motifs is 1. The number of carbonyl (C=O) groups is 5. The fourth-order valence-electron chi connectivity index (χ4n) is 5.23. The molecule has 254 valence electrons. The third kappa shape index (κ3) is 11.9. The van der Waals surface area contributed by atoms with E-state index in [-0.39, 0.29) is 59.7 Å². The van der Waals surface area contributed by atoms with Gasteiger partial charge in [-0.2, -0.15) is 0 Å². The average Bonchev–Trinajstić information content (AvgIpc) is 3.39. The summed E-state index contributed by atoms with van der Waals surface area (Å²) < 4.78 is 0.605. The molecule has 0 saturated heterocycles. The molecule has 0 aliphatic rings. The number of guanidine groups is 1. The van der Waals surface area contributed by atoms with E-state index in [9.17, 15) is 24.0 Å². The molecular weight excluding hydrogens is 606 g/mol. The van der Waals surface area contributed by atoms with Gasteiger partial charge in [-0.05, 0) is 68.6 Å². The summed E-state index contributed by atoms with van der Waals surface area (Å²) in [6.45, 7) is 13.3. The van der Waals surface area contributed by atoms with Crippen LogP contribution < -0.4 is 27.8 Å². The zero-order valence-corrected chi connectivity index (χ0v) is 28.9. The highest BCUT2D eigenvalue weighted by molar-refractivity contribution is 7.20. The lowest BCUT2D eigenvalue weighted by Gasteiger charge is -2.23. The lowest BCUT2D eigenvalue weighted by molar-refractivity contribution is -0.131. The van der Waals surface area contributed by atoms with Crippen LogP contribution in [0.25, 0.3) is 10.2 Å². The third-order valence-corrected chi connectivity index (χ3v) is 8.58. The van der Waals surface area contributed by atoms with Crippen LogP contribution >= 0.6 is 11.3 Å². The molecule has 4 atom stereocenters. The van der Waals surface area contributed by atoms with E-state index < -0.39 is 41.6 Å². The second kappa shape index (κ2) is 17.8. The second-order valence-electron chi connectivity index (χ2n) is 13.1. The van der Waals surface area contributed by atoms with Crippen LogP contribution in [-0.2, 0) is 14.4 Å². The Morgan fingerprint density at radius 3 is 2.17 bits per heavy atom. The first kappa shape index (κ1) is 38.5. The molecule has 1 aromatic carbocycles. The minimum absolute atomic E-state index is 0.0138. The summed E-state index contributed by atoms with van der Waals surface area (Å²) >= 11 is 1.11. The van der Waals surface area contributed by atoms with E-state index in [2.05, 4.69) is 20.6 Å². The predicted octanol–water partition coefficient (Wildman–Crippen LogP) is 3.36. The molecule has 2 amide bonds. The van der Waals surface area contributed by atoms with Crippen LogP contribution in [-0.4, -0.2) is 64.8 Å². The Morgan fingerprint density at radius 1 is 0.957 bits per heavy atom. The van der Waals surface area contributed by atoms with Gasteiger partial charge in [-0.15, -0.1) is 11.3 Å². The van der Waals surface area contributed by atoms with Crippen LogP contribution in [0.5, 0.6) is 0 Å². The summed E-state index contributed by atoms with van der Waals surface area (Å²) in [5.74, 6) is -1.96. The molecule has 46 heavy (non-hydrogen) atoms. The standard InChI is InChI=1S/C33H51N7O5S/c1-17(2)13-22(15-26(42)23(34)14-18(3)4)31(45)38-25(9-8-12-37-33(35)36)29(43)32-39-24-11-10-21(16-27(24)46-32)30(44)40-28(19(5)6)20(7)41/h10-11,16-19,22-23,25,28H,8-9,12-15,34H2,1-7H3,(H,38,45)(H,40,44)(H4,35,36,37)/t22-,23+,25+,28+/m1/s1. The molecule has 0 saturated carbocycles. The lowest BCUT2D eigenvalue weighted by Crippen LogP contribution is -2.45. The SMILES string of the molecule is CC(=O)[C@@H](NC(=O)c1ccc2nc(C(=O)[C@H](CCCN=C(N)N)NC(=O)[C@@H](CC(=O)[C@@H](N)CC(C)C)CC(C)C)sc2c1)C(C)C. The van der Waals surface area contributed by atoms with Crippen molar-refractivity contribution in [2.24, 2.45) is 45.9 Å². The van der Waals surface area contributed by atoms with Crippen molar-refractivity contribution in [1.82, 2.24) is 15.6 Å². The number of nitrogens with two attached hydrogens (primary N) is 3. The molecule has 0 aliphatic carbocycles. The number of hydrogen-bond acceptors (Lipinski definition) is 9. The van der Waals surface area contributed by atoms with Crippen molar-refractivity contribution < 1.29 is 24.0 Å². The monoisotopic (exact) mass is 657 g/mol. The maximum absolute atomic E-state index is 13.8. The minimum Gasteiger partial charge on any atom is -0.370 e. The predicted molar refractivity (Wildman–Crippen MR) is 183 cm³/mol. The number of benzene rings is 1. The van der Waals surface area contributed by atoms with Gasteiger partial charge in [0.25, 0.3) is 5.91 Å². The topological polar surface area (TPSA) is 213 Å². The highest BCUT2D eigenvalue weighted by atomic mass is 32.1. The summed E-state index contributed by atoms with van der Waals surface area (Å²) in [7, 11) is 0. The molecule has 1 heterocycles. The van der Waals surface area contributed by atoms with Crippen LogP contribution in [0.3, 0.4) is 0 Å². The van der Waals surface area contributed by atoms with Gasteiger partial charge in [0.2, 0.25) is 11.7 Å². The number of Topliss-reactive ketones (excluding diaryl/α,β-unsaturated/α-hetero) is 3. The van der Waals surface area contributed by atoms with Crippen LogP contribution in [0.4, 0.5) is 0 Å². The van der Waals surface area contributed by atoms with E-state index in [1.807, 2.05) is 41.5 Å². The van der Waals surface area contributed by atoms with Gasteiger partial charge in [0, 0.05) is 24.4 Å². The van der Waals surface area contributed by atoms with Crippen molar-refractivity contribution in [3.63, 3.8) is 0 Å². The summed E-state index contributed by atoms with van der Waals surface area (Å²) in [6.07, 6.45) is 1.61. The molecule has 0 bridgehead atoms. The minimum atomic E-state index is -0.943. The number of nitrogens with one attached hydrogen (secondary N) is 2. The van der Waals surface area contributed by atoms with Gasteiger partial charge in [0.05, 0.1) is 28.3 Å². The summed E-state index contributed by atoms with van der Waals surface area (Å²) in [5, 5.41) is 5.83. The normalized spacial score (nSPS) is 14.2. The average molecular weight is 658 g/mol. The molecule has 0 unspecified atom stereocenters. The molecule has 13 heteroatoms. The van der Waals surface area contributed by atoms with Crippen LogP contribution in [0.2, 0.25) is 0 Å². The molecule has 2 rings (SSSR count). The Morgan fingerprint density at radius 2 is 1.61 bits per heavy atom. The Hall–Kier alpha value is -3.71. The van der Waals surface area contributed by atoms with Crippen molar-refractivity contribution in [2.45, 2.75) is 98.7 Å². The summed E-state index contributed by atoms with van der Waals surface area (Å²) in [4.78, 5) is 73.8. The third-order valence-electron chi connectivity index (χ3n) is 7.54. The Labute approximate surface area is 275 Å². The van der Waals surface area contributed by atoms with Crippen molar-refractivity contribution >= 4 is 56.7 Å². The Balaban J connectivity index is 2.34. The first-order chi connectivity index (χ1) is 21.5. The molecule has 0 radical (unpaired) electrons. The van der Waals surface area contributed by atoms with Crippen molar-refractivity contribution in [1.29, 1.82) is 0 Å². The molecule has 12 nitrogen and oxygen atoms in total. The zero-order chi connectivity index (χ0) is 34.7. The highest BCUT2D eigenvalue weighted by Crippen LogP contribution is 2.26. The Kier molecular flexibility index (Phi) is 14.9. The molecule has 1 aromatic heterocycles. The highest BCUT2D eigenvalue weighted by Gasteiger charge is 2.31. The second-order valence-corrected chi connectivity index (χ2v) is 14.1. The van der Waals surface area contributed by atoms with Gasteiger partial charge >= 0.3 is 0 Å². The number of aromatic nitrogens is 1. The number of rotatable bonds is 19. The maximum Gasteiger partial charge on any atom is 0.251 e. The molecule has 0 spiro atoms. The fourth-order valence-corrected chi connectivity index (χ4v) is 6.23. The van der Waals surface area contributed by atoms with Crippen molar-refractivity contribution in [3.8, 4) is 0 Å². The van der Waals surface area contributed by atoms with E-state index in [1.54, 1.807) is 18.2 Å². The summed E-state index contributed by atoms with van der Waals surface area (Å²) in [5.41, 5.74) is 17.9. The van der Waals surface area contributed by atoms with E-state index in [4.69, 9.17) is 17.2 Å². The number of amides is 2. The quantitative estimate of drug-likeness (QED) is 0.0647. The van der Waals surface area contributed by atoms with Crippen molar-refractivity contribution in [2.75, 3.05) is 6.54 Å². The van der Waals surface area contributed by atoms with E-state index >= 15 is 0 Å². The van der Waals surface area contributed by atoms with Crippen LogP contribution in [0.15, 0.2) is 23.2 Å². The molecule has 2 aromatic rings. The maximum atomic E-state index is 13.8. The largest absolute Gasteiger partial charge is 0.370 e. The van der Waals surface area contributed by atoms with Crippen LogP contribution in [0, 0.1) is 23.7 Å². The Bertz CT molecular complexity index is 1410. The molecular formula is C33H51N7O5S. The summed E-state index contributed by atoms with van der Waals surface area (Å²) in [6, 6.07) is 2.65. The van der Waals surface area contributed by atoms with Crippen LogP contribution in [0.1, 0.15) is 101 Å². The molecule has 0 aliphatic heterocycles. The first-order valence-electron chi connectivity index (χ1n) is 15.9.